The molecule has 0 amide bonds. The van der Waals surface area contributed by atoms with Crippen LogP contribution >= 0.6 is 0 Å². The van der Waals surface area contributed by atoms with Crippen molar-refractivity contribution in [2.45, 2.75) is 5.92 Å². The Balaban J connectivity index is 1.92. The number of aliphatic carboxylic acids is 1. The van der Waals surface area contributed by atoms with E-state index < -0.39 is 11.9 Å². The van der Waals surface area contributed by atoms with Crippen LogP contribution in [0.2, 0.25) is 0 Å². The van der Waals surface area contributed by atoms with Gasteiger partial charge < -0.3 is 5.11 Å². The van der Waals surface area contributed by atoms with E-state index in [-0.39, 0.29) is 0 Å². The van der Waals surface area contributed by atoms with Gasteiger partial charge in [-0.15, -0.1) is 0 Å². The van der Waals surface area contributed by atoms with Crippen molar-refractivity contribution in [3.05, 3.63) is 114 Å². The van der Waals surface area contributed by atoms with Gasteiger partial charge >= 0.3 is 17.5 Å². The predicted molar refractivity (Wildman–Crippen MR) is 110 cm³/mol. The third-order valence-electron chi connectivity index (χ3n) is 4.65. The van der Waals surface area contributed by atoms with Crippen LogP contribution in [0.5, 0.6) is 0 Å². The van der Waals surface area contributed by atoms with Gasteiger partial charge in [-0.05, 0) is 35.4 Å². The molecule has 4 aromatic rings. The van der Waals surface area contributed by atoms with Crippen LogP contribution in [-0.2, 0) is 4.79 Å². The van der Waals surface area contributed by atoms with Crippen molar-refractivity contribution in [1.82, 2.24) is 0 Å². The molecular formula is C25H19O3+. The van der Waals surface area contributed by atoms with Crippen LogP contribution in [0.4, 0.5) is 0 Å². The molecule has 0 aliphatic heterocycles. The summed E-state index contributed by atoms with van der Waals surface area (Å²) in [6.07, 6.45) is 0. The second-order valence-corrected chi connectivity index (χ2v) is 6.53. The first-order chi connectivity index (χ1) is 13.7. The number of hydrogen-bond acceptors (Lipinski definition) is 1. The Morgan fingerprint density at radius 2 is 1.07 bits per heavy atom. The molecule has 0 bridgehead atoms. The molecule has 3 aromatic carbocycles. The maximum Gasteiger partial charge on any atom is 0.361 e. The second kappa shape index (κ2) is 7.89. The van der Waals surface area contributed by atoms with Gasteiger partial charge in [-0.2, -0.15) is 0 Å². The van der Waals surface area contributed by atoms with Crippen molar-refractivity contribution in [2.24, 2.45) is 0 Å². The summed E-state index contributed by atoms with van der Waals surface area (Å²) in [7, 11) is 0. The second-order valence-electron chi connectivity index (χ2n) is 6.53. The van der Waals surface area contributed by atoms with Gasteiger partial charge in [0.25, 0.3) is 0 Å². The fourth-order valence-corrected chi connectivity index (χ4v) is 3.30. The van der Waals surface area contributed by atoms with Gasteiger partial charge in [0.2, 0.25) is 0 Å². The first-order valence-corrected chi connectivity index (χ1v) is 9.09. The lowest BCUT2D eigenvalue weighted by atomic mass is 9.90. The van der Waals surface area contributed by atoms with Crippen LogP contribution in [0.15, 0.2) is 108 Å². The average molecular weight is 367 g/mol. The molecule has 0 aliphatic carbocycles. The first-order valence-electron chi connectivity index (χ1n) is 9.09. The Kier molecular flexibility index (Phi) is 4.98. The van der Waals surface area contributed by atoms with E-state index in [4.69, 9.17) is 4.42 Å². The van der Waals surface area contributed by atoms with Gasteiger partial charge in [-0.1, -0.05) is 66.7 Å². The zero-order valence-electron chi connectivity index (χ0n) is 15.2. The van der Waals surface area contributed by atoms with Crippen molar-refractivity contribution in [2.75, 3.05) is 0 Å². The summed E-state index contributed by atoms with van der Waals surface area (Å²) < 4.78 is 6.16. The number of carboxylic acid groups (broad SMARTS) is 1. The van der Waals surface area contributed by atoms with E-state index in [0.717, 1.165) is 16.7 Å². The van der Waals surface area contributed by atoms with Crippen molar-refractivity contribution in [3.8, 4) is 22.6 Å². The summed E-state index contributed by atoms with van der Waals surface area (Å²) in [5.41, 5.74) is 3.22. The summed E-state index contributed by atoms with van der Waals surface area (Å²) in [5.74, 6) is -0.392. The normalized spacial score (nSPS) is 11.7. The quantitative estimate of drug-likeness (QED) is 0.433. The molecule has 1 heterocycles. The molecule has 4 rings (SSSR count). The lowest BCUT2D eigenvalue weighted by Gasteiger charge is -2.12. The summed E-state index contributed by atoms with van der Waals surface area (Å²) >= 11 is 0. The van der Waals surface area contributed by atoms with Gasteiger partial charge in [-0.25, -0.2) is 4.42 Å². The minimum atomic E-state index is -0.893. The average Bonchev–Trinajstić information content (AvgIpc) is 2.75. The van der Waals surface area contributed by atoms with Crippen LogP contribution < -0.4 is 0 Å². The van der Waals surface area contributed by atoms with Gasteiger partial charge in [0, 0.05) is 12.1 Å². The molecule has 0 saturated carbocycles. The largest absolute Gasteiger partial charge is 0.481 e. The van der Waals surface area contributed by atoms with Crippen LogP contribution in [0, 0.1) is 0 Å². The van der Waals surface area contributed by atoms with Crippen molar-refractivity contribution in [3.63, 3.8) is 0 Å². The maximum absolute atomic E-state index is 12.2. The molecule has 3 heteroatoms. The Hall–Kier alpha value is -3.72. The van der Waals surface area contributed by atoms with Crippen LogP contribution in [0.25, 0.3) is 22.6 Å². The smallest absolute Gasteiger partial charge is 0.361 e. The molecule has 3 nitrogen and oxygen atoms in total. The van der Waals surface area contributed by atoms with Crippen molar-refractivity contribution < 1.29 is 14.3 Å². The minimum absolute atomic E-state index is 0.638. The van der Waals surface area contributed by atoms with Gasteiger partial charge in [0.15, 0.2) is 0 Å². The monoisotopic (exact) mass is 367 g/mol. The molecule has 28 heavy (non-hydrogen) atoms. The van der Waals surface area contributed by atoms with Crippen molar-refractivity contribution in [1.29, 1.82) is 0 Å². The molecule has 0 spiro atoms. The Morgan fingerprint density at radius 1 is 0.643 bits per heavy atom. The molecular weight excluding hydrogens is 348 g/mol. The van der Waals surface area contributed by atoms with Crippen LogP contribution in [-0.4, -0.2) is 11.1 Å². The highest BCUT2D eigenvalue weighted by atomic mass is 16.4. The molecule has 136 valence electrons. The molecule has 0 aliphatic rings. The zero-order valence-corrected chi connectivity index (χ0v) is 15.2. The van der Waals surface area contributed by atoms with E-state index in [1.54, 1.807) is 0 Å². The first kappa shape index (κ1) is 17.7. The van der Waals surface area contributed by atoms with E-state index >= 15 is 0 Å². The summed E-state index contributed by atoms with van der Waals surface area (Å²) in [6.45, 7) is 0. The number of carboxylic acids is 1. The topological polar surface area (TPSA) is 48.6 Å². The summed E-state index contributed by atoms with van der Waals surface area (Å²) in [6, 6.07) is 32.4. The van der Waals surface area contributed by atoms with E-state index in [1.807, 2.05) is 103 Å². The van der Waals surface area contributed by atoms with Gasteiger partial charge in [-0.3, -0.25) is 4.79 Å². The SMILES string of the molecule is O=C(O)C(c1ccccc1)c1cc(-c2ccccc2)[o+]c(-c2ccccc2)c1. The highest BCUT2D eigenvalue weighted by molar-refractivity contribution is 5.81. The molecule has 0 radical (unpaired) electrons. The minimum Gasteiger partial charge on any atom is -0.481 e. The Labute approximate surface area is 163 Å². The standard InChI is InChI=1S/C25H18O3/c26-25(27)24(20-14-8-3-9-15-20)21-16-22(18-10-4-1-5-11-18)28-23(17-21)19-12-6-2-7-13-19/h1-17,24H/p+1. The number of carbonyl (C=O) groups is 1. The lowest BCUT2D eigenvalue weighted by Crippen LogP contribution is -2.13. The Morgan fingerprint density at radius 3 is 1.50 bits per heavy atom. The zero-order chi connectivity index (χ0) is 19.3. The lowest BCUT2D eigenvalue weighted by molar-refractivity contribution is -0.137. The number of benzene rings is 3. The van der Waals surface area contributed by atoms with E-state index in [0.29, 0.717) is 17.1 Å². The van der Waals surface area contributed by atoms with E-state index in [9.17, 15) is 9.90 Å². The third-order valence-corrected chi connectivity index (χ3v) is 4.65. The van der Waals surface area contributed by atoms with Crippen LogP contribution in [0.3, 0.4) is 0 Å². The molecule has 0 saturated heterocycles. The van der Waals surface area contributed by atoms with Gasteiger partial charge in [0.1, 0.15) is 5.92 Å². The van der Waals surface area contributed by atoms with Crippen molar-refractivity contribution >= 4 is 5.97 Å². The summed E-state index contributed by atoms with van der Waals surface area (Å²) in [4.78, 5) is 12.2. The summed E-state index contributed by atoms with van der Waals surface area (Å²) in [5, 5.41) is 9.97. The highest BCUT2D eigenvalue weighted by Gasteiger charge is 2.28. The fraction of sp³-hybridized carbons (Fsp3) is 0.0400. The predicted octanol–water partition coefficient (Wildman–Crippen LogP) is 6.11. The fourth-order valence-electron chi connectivity index (χ4n) is 3.30. The number of rotatable bonds is 5. The van der Waals surface area contributed by atoms with E-state index in [1.165, 1.54) is 0 Å². The number of hydrogen-bond donors (Lipinski definition) is 1. The molecule has 1 atom stereocenters. The maximum atomic E-state index is 12.2. The highest BCUT2D eigenvalue weighted by Crippen LogP contribution is 2.34. The molecule has 1 aromatic heterocycles. The molecule has 0 fully saturated rings. The van der Waals surface area contributed by atoms with Gasteiger partial charge in [0.05, 0.1) is 11.1 Å². The Bertz CT molecular complexity index is 1020. The third kappa shape index (κ3) is 3.69. The van der Waals surface area contributed by atoms with E-state index in [2.05, 4.69) is 0 Å². The molecule has 1 N–H and O–H groups in total. The molecule has 1 unspecified atom stereocenters. The van der Waals surface area contributed by atoms with Crippen LogP contribution in [0.1, 0.15) is 17.0 Å².